The van der Waals surface area contributed by atoms with Crippen LogP contribution in [0.15, 0.2) is 24.3 Å². The SMILES string of the molecule is C/C=C/C(=O)Nc1c(Cl)ccc(Cl)c1C(=O)O. The van der Waals surface area contributed by atoms with Crippen LogP contribution in [-0.2, 0) is 4.79 Å². The van der Waals surface area contributed by atoms with E-state index in [9.17, 15) is 9.59 Å². The van der Waals surface area contributed by atoms with Gasteiger partial charge in [-0.05, 0) is 25.1 Å². The minimum Gasteiger partial charge on any atom is -0.478 e. The first-order valence-corrected chi connectivity index (χ1v) is 5.38. The van der Waals surface area contributed by atoms with Gasteiger partial charge < -0.3 is 10.4 Å². The summed E-state index contributed by atoms with van der Waals surface area (Å²) >= 11 is 11.6. The highest BCUT2D eigenvalue weighted by atomic mass is 35.5. The van der Waals surface area contributed by atoms with Crippen LogP contribution in [0.5, 0.6) is 0 Å². The number of nitrogens with one attached hydrogen (secondary N) is 1. The number of carboxylic acids is 1. The van der Waals surface area contributed by atoms with E-state index in [1.54, 1.807) is 6.92 Å². The molecule has 0 aromatic heterocycles. The first-order chi connectivity index (χ1) is 7.97. The van der Waals surface area contributed by atoms with E-state index in [0.29, 0.717) is 0 Å². The molecular weight excluding hydrogens is 265 g/mol. The van der Waals surface area contributed by atoms with E-state index in [4.69, 9.17) is 28.3 Å². The molecule has 0 aliphatic heterocycles. The van der Waals surface area contributed by atoms with Crippen molar-refractivity contribution < 1.29 is 14.7 Å². The number of carbonyl (C=O) groups excluding carboxylic acids is 1. The van der Waals surface area contributed by atoms with E-state index >= 15 is 0 Å². The fourth-order valence-electron chi connectivity index (χ4n) is 1.20. The Balaban J connectivity index is 3.25. The molecule has 0 atom stereocenters. The summed E-state index contributed by atoms with van der Waals surface area (Å²) in [5.41, 5.74) is -0.230. The van der Waals surface area contributed by atoms with Gasteiger partial charge in [0.2, 0.25) is 5.91 Å². The minimum absolute atomic E-state index is 0.00485. The monoisotopic (exact) mass is 273 g/mol. The molecule has 0 bridgehead atoms. The highest BCUT2D eigenvalue weighted by Crippen LogP contribution is 2.31. The summed E-state index contributed by atoms with van der Waals surface area (Å²) in [6.07, 6.45) is 2.77. The number of amides is 1. The maximum atomic E-state index is 11.4. The molecule has 1 aromatic rings. The van der Waals surface area contributed by atoms with Gasteiger partial charge in [0.15, 0.2) is 0 Å². The van der Waals surface area contributed by atoms with E-state index < -0.39 is 11.9 Å². The van der Waals surface area contributed by atoms with Crippen molar-refractivity contribution >= 4 is 40.8 Å². The zero-order valence-corrected chi connectivity index (χ0v) is 10.3. The summed E-state index contributed by atoms with van der Waals surface area (Å²) in [5, 5.41) is 11.5. The van der Waals surface area contributed by atoms with Crippen LogP contribution in [-0.4, -0.2) is 17.0 Å². The summed E-state index contributed by atoms with van der Waals surface area (Å²) < 4.78 is 0. The Morgan fingerprint density at radius 2 is 1.88 bits per heavy atom. The lowest BCUT2D eigenvalue weighted by Crippen LogP contribution is -2.13. The van der Waals surface area contributed by atoms with Crippen LogP contribution in [0.4, 0.5) is 5.69 Å². The average molecular weight is 274 g/mol. The lowest BCUT2D eigenvalue weighted by Gasteiger charge is -2.10. The second-order valence-corrected chi connectivity index (χ2v) is 3.89. The molecule has 0 saturated carbocycles. The Morgan fingerprint density at radius 1 is 1.29 bits per heavy atom. The standard InChI is InChI=1S/C11H9Cl2NO3/c1-2-3-8(15)14-10-7(13)5-4-6(12)9(10)11(16)17/h2-5H,1H3,(H,14,15)(H,16,17)/b3-2+. The average Bonchev–Trinajstić information content (AvgIpc) is 2.23. The molecule has 0 unspecified atom stereocenters. The topological polar surface area (TPSA) is 66.4 Å². The van der Waals surface area contributed by atoms with E-state index in [-0.39, 0.29) is 21.3 Å². The van der Waals surface area contributed by atoms with Crippen LogP contribution in [0, 0.1) is 0 Å². The normalized spacial score (nSPS) is 10.5. The van der Waals surface area contributed by atoms with Crippen molar-refractivity contribution in [2.24, 2.45) is 0 Å². The van der Waals surface area contributed by atoms with E-state index in [1.165, 1.54) is 24.3 Å². The molecular formula is C11H9Cl2NO3. The number of carboxylic acid groups (broad SMARTS) is 1. The predicted molar refractivity (Wildman–Crippen MR) is 66.9 cm³/mol. The summed E-state index contributed by atoms with van der Waals surface area (Å²) in [6, 6.07) is 2.78. The molecule has 0 fully saturated rings. The van der Waals surface area contributed by atoms with Crippen molar-refractivity contribution in [3.05, 3.63) is 39.9 Å². The smallest absolute Gasteiger partial charge is 0.339 e. The Kier molecular flexibility index (Phi) is 4.54. The van der Waals surface area contributed by atoms with Crippen molar-refractivity contribution in [1.82, 2.24) is 0 Å². The highest BCUT2D eigenvalue weighted by Gasteiger charge is 2.18. The number of allylic oxidation sites excluding steroid dienone is 1. The van der Waals surface area contributed by atoms with Crippen molar-refractivity contribution in [1.29, 1.82) is 0 Å². The van der Waals surface area contributed by atoms with Crippen LogP contribution < -0.4 is 5.32 Å². The van der Waals surface area contributed by atoms with Crippen molar-refractivity contribution in [3.8, 4) is 0 Å². The van der Waals surface area contributed by atoms with Crippen LogP contribution in [0.25, 0.3) is 0 Å². The molecule has 0 saturated heterocycles. The minimum atomic E-state index is -1.26. The number of carbonyl (C=O) groups is 2. The third kappa shape index (κ3) is 3.22. The van der Waals surface area contributed by atoms with Gasteiger partial charge in [-0.15, -0.1) is 0 Å². The van der Waals surface area contributed by atoms with Gasteiger partial charge in [-0.25, -0.2) is 4.79 Å². The molecule has 90 valence electrons. The molecule has 0 heterocycles. The van der Waals surface area contributed by atoms with E-state index in [0.717, 1.165) is 0 Å². The molecule has 6 heteroatoms. The molecule has 0 aliphatic carbocycles. The molecule has 1 rings (SSSR count). The molecule has 1 aromatic carbocycles. The largest absolute Gasteiger partial charge is 0.478 e. The van der Waals surface area contributed by atoms with Gasteiger partial charge >= 0.3 is 5.97 Å². The molecule has 0 aliphatic rings. The molecule has 0 radical (unpaired) electrons. The van der Waals surface area contributed by atoms with Gasteiger partial charge in [0.05, 0.1) is 15.7 Å². The number of hydrogen-bond acceptors (Lipinski definition) is 2. The quantitative estimate of drug-likeness (QED) is 0.832. The van der Waals surface area contributed by atoms with Crippen LogP contribution in [0.2, 0.25) is 10.0 Å². The van der Waals surface area contributed by atoms with E-state index in [1.807, 2.05) is 0 Å². The van der Waals surface area contributed by atoms with E-state index in [2.05, 4.69) is 5.32 Å². The molecule has 17 heavy (non-hydrogen) atoms. The highest BCUT2D eigenvalue weighted by molar-refractivity contribution is 6.38. The van der Waals surface area contributed by atoms with Gasteiger partial charge in [0.1, 0.15) is 5.56 Å². The molecule has 1 amide bonds. The van der Waals surface area contributed by atoms with Crippen molar-refractivity contribution in [2.45, 2.75) is 6.92 Å². The first-order valence-electron chi connectivity index (χ1n) is 4.62. The van der Waals surface area contributed by atoms with Gasteiger partial charge in [-0.3, -0.25) is 4.79 Å². The second kappa shape index (κ2) is 5.70. The predicted octanol–water partition coefficient (Wildman–Crippen LogP) is 3.21. The van der Waals surface area contributed by atoms with Gasteiger partial charge in [0.25, 0.3) is 0 Å². The van der Waals surface area contributed by atoms with Gasteiger partial charge in [0, 0.05) is 0 Å². The molecule has 0 spiro atoms. The number of anilines is 1. The number of benzene rings is 1. The summed E-state index contributed by atoms with van der Waals surface area (Å²) in [4.78, 5) is 22.4. The summed E-state index contributed by atoms with van der Waals surface area (Å²) in [5.74, 6) is -1.73. The molecule has 2 N–H and O–H groups in total. The third-order valence-electron chi connectivity index (χ3n) is 1.88. The lowest BCUT2D eigenvalue weighted by molar-refractivity contribution is -0.111. The molecule has 4 nitrogen and oxygen atoms in total. The Bertz CT molecular complexity index is 498. The fraction of sp³-hybridized carbons (Fsp3) is 0.0909. The van der Waals surface area contributed by atoms with Crippen LogP contribution in [0.1, 0.15) is 17.3 Å². The van der Waals surface area contributed by atoms with Crippen molar-refractivity contribution in [2.75, 3.05) is 5.32 Å². The fourth-order valence-corrected chi connectivity index (χ4v) is 1.64. The Labute approximate surface area is 108 Å². The third-order valence-corrected chi connectivity index (χ3v) is 2.51. The summed E-state index contributed by atoms with van der Waals surface area (Å²) in [6.45, 7) is 1.66. The zero-order valence-electron chi connectivity index (χ0n) is 8.83. The number of halogens is 2. The first kappa shape index (κ1) is 13.5. The van der Waals surface area contributed by atoms with Gasteiger partial charge in [-0.1, -0.05) is 29.3 Å². The van der Waals surface area contributed by atoms with Gasteiger partial charge in [-0.2, -0.15) is 0 Å². The second-order valence-electron chi connectivity index (χ2n) is 3.07. The summed E-state index contributed by atoms with van der Waals surface area (Å²) in [7, 11) is 0. The number of hydrogen-bond donors (Lipinski definition) is 2. The zero-order chi connectivity index (χ0) is 13.0. The lowest BCUT2D eigenvalue weighted by atomic mass is 10.1. The Hall–Kier alpha value is -1.52. The van der Waals surface area contributed by atoms with Crippen LogP contribution >= 0.6 is 23.2 Å². The van der Waals surface area contributed by atoms with Crippen molar-refractivity contribution in [3.63, 3.8) is 0 Å². The number of aromatic carboxylic acids is 1. The number of rotatable bonds is 3. The van der Waals surface area contributed by atoms with Crippen LogP contribution in [0.3, 0.4) is 0 Å². The Morgan fingerprint density at radius 3 is 2.41 bits per heavy atom. The maximum Gasteiger partial charge on any atom is 0.339 e. The maximum absolute atomic E-state index is 11.4.